The number of allylic oxidation sites excluding steroid dienone is 4. The summed E-state index contributed by atoms with van der Waals surface area (Å²) in [5.41, 5.74) is 2.02. The summed E-state index contributed by atoms with van der Waals surface area (Å²) in [5.74, 6) is 0. The average molecular weight is 260 g/mol. The van der Waals surface area contributed by atoms with Gasteiger partial charge in [-0.05, 0) is 30.0 Å². The zero-order valence-electron chi connectivity index (χ0n) is 7.93. The smallest absolute Gasteiger partial charge is 0.0627 e. The van der Waals surface area contributed by atoms with Gasteiger partial charge in [-0.3, -0.25) is 0 Å². The van der Waals surface area contributed by atoms with Gasteiger partial charge in [-0.1, -0.05) is 59.1 Å². The number of hydrogen-bond acceptors (Lipinski definition) is 0. The lowest BCUT2D eigenvalue weighted by molar-refractivity contribution is 1.05. The molecule has 1 aliphatic rings. The van der Waals surface area contributed by atoms with E-state index in [1.807, 2.05) is 30.3 Å². The molecular formula is C12H9Cl3. The van der Waals surface area contributed by atoms with Gasteiger partial charge in [0.2, 0.25) is 0 Å². The maximum atomic E-state index is 6.16. The first-order valence-corrected chi connectivity index (χ1v) is 5.83. The monoisotopic (exact) mass is 258 g/mol. The molecule has 0 N–H and O–H groups in total. The Labute approximate surface area is 104 Å². The van der Waals surface area contributed by atoms with Crippen molar-refractivity contribution in [2.75, 3.05) is 0 Å². The van der Waals surface area contributed by atoms with Gasteiger partial charge in [-0.15, -0.1) is 0 Å². The van der Waals surface area contributed by atoms with Crippen molar-refractivity contribution in [2.45, 2.75) is 12.8 Å². The van der Waals surface area contributed by atoms with Gasteiger partial charge in [0.1, 0.15) is 0 Å². The summed E-state index contributed by atoms with van der Waals surface area (Å²) >= 11 is 18.3. The first kappa shape index (κ1) is 11.1. The Morgan fingerprint density at radius 1 is 1.00 bits per heavy atom. The molecule has 0 unspecified atom stereocenters. The lowest BCUT2D eigenvalue weighted by Crippen LogP contribution is -1.94. The van der Waals surface area contributed by atoms with Crippen LogP contribution in [0.2, 0.25) is 5.02 Å². The highest BCUT2D eigenvalue weighted by atomic mass is 35.5. The molecule has 3 heteroatoms. The summed E-state index contributed by atoms with van der Waals surface area (Å²) in [5, 5.41) is 1.96. The Morgan fingerprint density at radius 2 is 1.73 bits per heavy atom. The van der Waals surface area contributed by atoms with Crippen molar-refractivity contribution < 1.29 is 0 Å². The second-order valence-electron chi connectivity index (χ2n) is 3.36. The third kappa shape index (κ3) is 2.23. The van der Waals surface area contributed by atoms with Gasteiger partial charge in [0.15, 0.2) is 0 Å². The Morgan fingerprint density at radius 3 is 2.47 bits per heavy atom. The van der Waals surface area contributed by atoms with Crippen LogP contribution in [-0.2, 0) is 0 Å². The molecule has 0 spiro atoms. The van der Waals surface area contributed by atoms with Crippen molar-refractivity contribution in [1.29, 1.82) is 0 Å². The topological polar surface area (TPSA) is 0 Å². The van der Waals surface area contributed by atoms with Crippen molar-refractivity contribution in [1.82, 2.24) is 0 Å². The van der Waals surface area contributed by atoms with E-state index in [-0.39, 0.29) is 0 Å². The summed E-state index contributed by atoms with van der Waals surface area (Å²) in [4.78, 5) is 0. The van der Waals surface area contributed by atoms with Crippen LogP contribution in [0.15, 0.2) is 40.4 Å². The van der Waals surface area contributed by atoms with Gasteiger partial charge in [0, 0.05) is 5.02 Å². The van der Waals surface area contributed by atoms with Crippen LogP contribution in [0.25, 0.3) is 5.57 Å². The molecule has 0 aromatic heterocycles. The highest BCUT2D eigenvalue weighted by Crippen LogP contribution is 2.38. The van der Waals surface area contributed by atoms with Crippen molar-refractivity contribution in [3.05, 3.63) is 51.0 Å². The van der Waals surface area contributed by atoms with E-state index < -0.39 is 0 Å². The summed E-state index contributed by atoms with van der Waals surface area (Å²) in [6.45, 7) is 0. The van der Waals surface area contributed by atoms with Crippen LogP contribution in [0.4, 0.5) is 0 Å². The van der Waals surface area contributed by atoms with E-state index in [0.29, 0.717) is 10.1 Å². The average Bonchev–Trinajstić information content (AvgIpc) is 2.23. The molecule has 0 heterocycles. The largest absolute Gasteiger partial charge is 0.0837 e. The zero-order valence-corrected chi connectivity index (χ0v) is 10.2. The van der Waals surface area contributed by atoms with Crippen LogP contribution in [0, 0.1) is 0 Å². The molecule has 15 heavy (non-hydrogen) atoms. The Bertz CT molecular complexity index is 444. The van der Waals surface area contributed by atoms with Gasteiger partial charge in [0.05, 0.1) is 10.1 Å². The normalized spacial score (nSPS) is 16.6. The maximum Gasteiger partial charge on any atom is 0.0627 e. The van der Waals surface area contributed by atoms with E-state index in [2.05, 4.69) is 0 Å². The van der Waals surface area contributed by atoms with Crippen LogP contribution in [0.3, 0.4) is 0 Å². The standard InChI is InChI=1S/C12H9Cl3/c13-10-6-2-1-4-8(10)9-5-3-7-11(14)12(9)15/h1-2,4,6-7H,3,5H2. The molecule has 0 saturated carbocycles. The van der Waals surface area contributed by atoms with Crippen LogP contribution >= 0.6 is 34.8 Å². The summed E-state index contributed by atoms with van der Waals surface area (Å²) < 4.78 is 0. The molecule has 1 aromatic rings. The second kappa shape index (κ2) is 4.61. The predicted octanol–water partition coefficient (Wildman–Crippen LogP) is 5.21. The minimum Gasteiger partial charge on any atom is -0.0837 e. The summed E-state index contributed by atoms with van der Waals surface area (Å²) in [6.07, 6.45) is 3.73. The third-order valence-electron chi connectivity index (χ3n) is 2.39. The van der Waals surface area contributed by atoms with E-state index in [0.717, 1.165) is 29.0 Å². The van der Waals surface area contributed by atoms with Crippen molar-refractivity contribution >= 4 is 40.4 Å². The molecule has 1 aliphatic carbocycles. The molecule has 0 radical (unpaired) electrons. The first-order valence-electron chi connectivity index (χ1n) is 4.69. The lowest BCUT2D eigenvalue weighted by atomic mass is 9.97. The predicted molar refractivity (Wildman–Crippen MR) is 67.4 cm³/mol. The molecule has 0 nitrogen and oxygen atoms in total. The molecule has 0 amide bonds. The summed E-state index contributed by atoms with van der Waals surface area (Å²) in [6, 6.07) is 7.68. The van der Waals surface area contributed by atoms with Gasteiger partial charge < -0.3 is 0 Å². The fourth-order valence-corrected chi connectivity index (χ4v) is 2.39. The molecule has 2 rings (SSSR count). The Balaban J connectivity index is 2.52. The molecule has 0 bridgehead atoms. The lowest BCUT2D eigenvalue weighted by Gasteiger charge is -2.15. The second-order valence-corrected chi connectivity index (χ2v) is 4.56. The molecule has 78 valence electrons. The minimum atomic E-state index is 0.621. The van der Waals surface area contributed by atoms with Gasteiger partial charge in [-0.25, -0.2) is 0 Å². The Kier molecular flexibility index (Phi) is 3.40. The molecule has 0 aliphatic heterocycles. The highest BCUT2D eigenvalue weighted by molar-refractivity contribution is 6.46. The quantitative estimate of drug-likeness (QED) is 0.650. The van der Waals surface area contributed by atoms with E-state index >= 15 is 0 Å². The summed E-state index contributed by atoms with van der Waals surface area (Å²) in [7, 11) is 0. The molecule has 1 aromatic carbocycles. The number of hydrogen-bond donors (Lipinski definition) is 0. The first-order chi connectivity index (χ1) is 7.20. The zero-order chi connectivity index (χ0) is 10.8. The van der Waals surface area contributed by atoms with Crippen molar-refractivity contribution in [3.8, 4) is 0 Å². The third-order valence-corrected chi connectivity index (χ3v) is 3.59. The van der Waals surface area contributed by atoms with E-state index in [9.17, 15) is 0 Å². The van der Waals surface area contributed by atoms with Crippen LogP contribution in [-0.4, -0.2) is 0 Å². The fourth-order valence-electron chi connectivity index (χ4n) is 1.65. The molecule has 0 fully saturated rings. The van der Waals surface area contributed by atoms with E-state index in [4.69, 9.17) is 34.8 Å². The van der Waals surface area contributed by atoms with Crippen molar-refractivity contribution in [2.24, 2.45) is 0 Å². The van der Waals surface area contributed by atoms with Crippen LogP contribution in [0.5, 0.6) is 0 Å². The maximum absolute atomic E-state index is 6.16. The fraction of sp³-hybridized carbons (Fsp3) is 0.167. The van der Waals surface area contributed by atoms with Crippen molar-refractivity contribution in [3.63, 3.8) is 0 Å². The van der Waals surface area contributed by atoms with Crippen LogP contribution < -0.4 is 0 Å². The van der Waals surface area contributed by atoms with Gasteiger partial charge in [-0.2, -0.15) is 0 Å². The van der Waals surface area contributed by atoms with Gasteiger partial charge in [0.25, 0.3) is 0 Å². The number of rotatable bonds is 1. The van der Waals surface area contributed by atoms with Gasteiger partial charge >= 0.3 is 0 Å². The minimum absolute atomic E-state index is 0.621. The number of benzene rings is 1. The number of halogens is 3. The molecule has 0 saturated heterocycles. The highest BCUT2D eigenvalue weighted by Gasteiger charge is 2.15. The van der Waals surface area contributed by atoms with E-state index in [1.54, 1.807) is 0 Å². The SMILES string of the molecule is ClC1=CCCC(c2ccccc2Cl)=C1Cl. The molecule has 0 atom stereocenters. The van der Waals surface area contributed by atoms with E-state index in [1.165, 1.54) is 0 Å². The molecular weight excluding hydrogens is 250 g/mol. The van der Waals surface area contributed by atoms with Crippen LogP contribution in [0.1, 0.15) is 18.4 Å². The Hall–Kier alpha value is -0.430.